The molecule has 24 heavy (non-hydrogen) atoms. The number of hydrogen-bond donors (Lipinski definition) is 4. The Hall–Kier alpha value is -1.22. The van der Waals surface area contributed by atoms with Crippen molar-refractivity contribution in [2.24, 2.45) is 11.8 Å². The lowest BCUT2D eigenvalue weighted by Crippen LogP contribution is -2.68. The van der Waals surface area contributed by atoms with Crippen LogP contribution in [0, 0.1) is 11.8 Å². The quantitative estimate of drug-likeness (QED) is 0.457. The first-order chi connectivity index (χ1) is 10.8. The Labute approximate surface area is 143 Å². The lowest BCUT2D eigenvalue weighted by Gasteiger charge is -2.42. The van der Waals surface area contributed by atoms with Gasteiger partial charge in [-0.05, 0) is 32.6 Å². The van der Waals surface area contributed by atoms with Crippen LogP contribution in [0.1, 0.15) is 48.5 Å². The number of aliphatic carboxylic acids is 2. The molecule has 0 aliphatic carbocycles. The summed E-state index contributed by atoms with van der Waals surface area (Å²) in [6, 6.07) is 0. The van der Waals surface area contributed by atoms with Gasteiger partial charge < -0.3 is 29.9 Å². The highest BCUT2D eigenvalue weighted by molar-refractivity contribution is 5.91. The van der Waals surface area contributed by atoms with E-state index in [0.29, 0.717) is 0 Å². The van der Waals surface area contributed by atoms with Crippen LogP contribution in [0.2, 0.25) is 0 Å². The normalized spacial score (nSPS) is 16.3. The smallest absolute Gasteiger partial charge is 0.339 e. The van der Waals surface area contributed by atoms with E-state index in [1.54, 1.807) is 0 Å². The molecule has 0 saturated heterocycles. The largest absolute Gasteiger partial charge is 0.479 e. The maximum absolute atomic E-state index is 11.0. The summed E-state index contributed by atoms with van der Waals surface area (Å²) in [7, 11) is 0. The molecular weight excluding hydrogens is 320 g/mol. The van der Waals surface area contributed by atoms with Crippen LogP contribution in [0.25, 0.3) is 0 Å². The van der Waals surface area contributed by atoms with Crippen LogP contribution in [-0.4, -0.2) is 63.1 Å². The van der Waals surface area contributed by atoms with Crippen molar-refractivity contribution in [2.75, 3.05) is 13.2 Å². The summed E-state index contributed by atoms with van der Waals surface area (Å²) in [5.41, 5.74) is -5.46. The standard InChI is InChI=1S/C10H18O6.C6H14O2/c1-5(2)9(15,7(11)12)10(16,6(3)4)8(13)14;1-4-7-6(3)8-5-2/h5-6,15-16H,1-4H3,(H,11,12)(H,13,14);6H,4-5H2,1-3H3. The Balaban J connectivity index is 0. The van der Waals surface area contributed by atoms with Crippen LogP contribution in [0.4, 0.5) is 0 Å². The molecule has 144 valence electrons. The molecule has 0 radical (unpaired) electrons. The van der Waals surface area contributed by atoms with Gasteiger partial charge in [0, 0.05) is 13.2 Å². The van der Waals surface area contributed by atoms with Gasteiger partial charge in [0.1, 0.15) is 0 Å². The maximum Gasteiger partial charge on any atom is 0.339 e. The van der Waals surface area contributed by atoms with Gasteiger partial charge in [-0.3, -0.25) is 0 Å². The summed E-state index contributed by atoms with van der Waals surface area (Å²) in [6.07, 6.45) is -0.0370. The molecule has 0 aromatic rings. The van der Waals surface area contributed by atoms with E-state index in [9.17, 15) is 19.8 Å². The molecular formula is C16H32O8. The van der Waals surface area contributed by atoms with E-state index < -0.39 is 35.0 Å². The monoisotopic (exact) mass is 352 g/mol. The Morgan fingerprint density at radius 2 is 1.04 bits per heavy atom. The summed E-state index contributed by atoms with van der Waals surface area (Å²) in [4.78, 5) is 22.1. The number of hydrogen-bond acceptors (Lipinski definition) is 6. The molecule has 0 aliphatic heterocycles. The van der Waals surface area contributed by atoms with Crippen LogP contribution >= 0.6 is 0 Å². The molecule has 0 bridgehead atoms. The van der Waals surface area contributed by atoms with E-state index in [1.807, 2.05) is 20.8 Å². The van der Waals surface area contributed by atoms with Crippen LogP contribution in [-0.2, 0) is 19.1 Å². The minimum absolute atomic E-state index is 0.0370. The van der Waals surface area contributed by atoms with Gasteiger partial charge in [0.15, 0.2) is 6.29 Å². The molecule has 0 heterocycles. The maximum atomic E-state index is 11.0. The molecule has 0 saturated carbocycles. The van der Waals surface area contributed by atoms with Crippen LogP contribution < -0.4 is 0 Å². The molecule has 2 unspecified atom stereocenters. The van der Waals surface area contributed by atoms with Gasteiger partial charge in [0.25, 0.3) is 0 Å². The molecule has 0 aromatic heterocycles. The first-order valence-electron chi connectivity index (χ1n) is 7.98. The topological polar surface area (TPSA) is 134 Å². The first-order valence-corrected chi connectivity index (χ1v) is 7.98. The molecule has 0 aromatic carbocycles. The lowest BCUT2D eigenvalue weighted by molar-refractivity contribution is -0.225. The van der Waals surface area contributed by atoms with E-state index >= 15 is 0 Å². The summed E-state index contributed by atoms with van der Waals surface area (Å²) >= 11 is 0. The third-order valence-corrected chi connectivity index (χ3v) is 3.71. The van der Waals surface area contributed by atoms with Crippen molar-refractivity contribution in [3.63, 3.8) is 0 Å². The van der Waals surface area contributed by atoms with Gasteiger partial charge in [-0.1, -0.05) is 27.7 Å². The van der Waals surface area contributed by atoms with Crippen molar-refractivity contribution >= 4 is 11.9 Å². The number of carbonyl (C=O) groups is 2. The average molecular weight is 352 g/mol. The number of rotatable bonds is 9. The highest BCUT2D eigenvalue weighted by Crippen LogP contribution is 2.36. The molecule has 0 aliphatic rings. The Kier molecular flexibility index (Phi) is 11.1. The van der Waals surface area contributed by atoms with Crippen LogP contribution in [0.15, 0.2) is 0 Å². The SMILES string of the molecule is CC(C)C(O)(C(=O)O)C(O)(C(=O)O)C(C)C.CCOC(C)OCC. The fraction of sp³-hybridized carbons (Fsp3) is 0.875. The third kappa shape index (κ3) is 5.70. The van der Waals surface area contributed by atoms with Crippen LogP contribution in [0.3, 0.4) is 0 Å². The third-order valence-electron chi connectivity index (χ3n) is 3.71. The van der Waals surface area contributed by atoms with E-state index in [1.165, 1.54) is 27.7 Å². The fourth-order valence-corrected chi connectivity index (χ4v) is 2.22. The predicted molar refractivity (Wildman–Crippen MR) is 87.6 cm³/mol. The van der Waals surface area contributed by atoms with Crippen molar-refractivity contribution in [1.82, 2.24) is 0 Å². The second kappa shape index (κ2) is 10.6. The molecule has 2 atom stereocenters. The lowest BCUT2D eigenvalue weighted by atomic mass is 9.69. The molecule has 8 nitrogen and oxygen atoms in total. The van der Waals surface area contributed by atoms with E-state index in [0.717, 1.165) is 13.2 Å². The second-order valence-corrected chi connectivity index (χ2v) is 5.93. The zero-order valence-corrected chi connectivity index (χ0v) is 15.6. The van der Waals surface area contributed by atoms with Gasteiger partial charge in [0.05, 0.1) is 0 Å². The van der Waals surface area contributed by atoms with Gasteiger partial charge in [-0.25, -0.2) is 9.59 Å². The molecule has 0 amide bonds. The van der Waals surface area contributed by atoms with Crippen molar-refractivity contribution in [3.05, 3.63) is 0 Å². The summed E-state index contributed by atoms with van der Waals surface area (Å²) in [5.74, 6) is -5.40. The molecule has 8 heteroatoms. The van der Waals surface area contributed by atoms with E-state index in [2.05, 4.69) is 0 Å². The van der Waals surface area contributed by atoms with E-state index in [-0.39, 0.29) is 6.29 Å². The number of carboxylic acid groups (broad SMARTS) is 2. The van der Waals surface area contributed by atoms with Crippen molar-refractivity contribution < 1.29 is 39.5 Å². The van der Waals surface area contributed by atoms with Crippen molar-refractivity contribution in [1.29, 1.82) is 0 Å². The molecule has 4 N–H and O–H groups in total. The van der Waals surface area contributed by atoms with Crippen molar-refractivity contribution in [2.45, 2.75) is 66.0 Å². The van der Waals surface area contributed by atoms with Gasteiger partial charge in [0.2, 0.25) is 11.2 Å². The van der Waals surface area contributed by atoms with Gasteiger partial charge in [-0.2, -0.15) is 0 Å². The fourth-order valence-electron chi connectivity index (χ4n) is 2.22. The summed E-state index contributed by atoms with van der Waals surface area (Å²) in [6.45, 7) is 12.6. The average Bonchev–Trinajstić information content (AvgIpc) is 2.45. The number of aliphatic hydroxyl groups is 2. The Bertz CT molecular complexity index is 360. The van der Waals surface area contributed by atoms with E-state index in [4.69, 9.17) is 19.7 Å². The molecule has 0 fully saturated rings. The predicted octanol–water partition coefficient (Wildman–Crippen LogP) is 1.34. The minimum atomic E-state index is -2.73. The summed E-state index contributed by atoms with van der Waals surface area (Å²) in [5, 5.41) is 37.9. The minimum Gasteiger partial charge on any atom is -0.479 e. The Morgan fingerprint density at radius 1 is 0.792 bits per heavy atom. The van der Waals surface area contributed by atoms with Crippen molar-refractivity contribution in [3.8, 4) is 0 Å². The van der Waals surface area contributed by atoms with Gasteiger partial charge in [-0.15, -0.1) is 0 Å². The number of carboxylic acids is 2. The van der Waals surface area contributed by atoms with Crippen LogP contribution in [0.5, 0.6) is 0 Å². The highest BCUT2D eigenvalue weighted by Gasteiger charge is 2.63. The first kappa shape index (κ1) is 25.0. The molecule has 0 rings (SSSR count). The Morgan fingerprint density at radius 3 is 1.17 bits per heavy atom. The number of ether oxygens (including phenoxy) is 2. The van der Waals surface area contributed by atoms with Gasteiger partial charge >= 0.3 is 11.9 Å². The highest BCUT2D eigenvalue weighted by atomic mass is 16.7. The second-order valence-electron chi connectivity index (χ2n) is 5.93. The molecule has 0 spiro atoms. The zero-order valence-electron chi connectivity index (χ0n) is 15.6. The summed E-state index contributed by atoms with van der Waals surface area (Å²) < 4.78 is 10.1. The zero-order chi connectivity index (χ0) is 19.7.